The van der Waals surface area contributed by atoms with Crippen LogP contribution in [0.2, 0.25) is 0 Å². The number of hydrogen-bond acceptors (Lipinski definition) is 2. The summed E-state index contributed by atoms with van der Waals surface area (Å²) >= 11 is 0. The van der Waals surface area contributed by atoms with E-state index in [0.717, 1.165) is 42.5 Å². The average molecular weight is 232 g/mol. The van der Waals surface area contributed by atoms with E-state index in [0.29, 0.717) is 0 Å². The number of fused-ring (bicyclic) bond motifs is 1. The van der Waals surface area contributed by atoms with Crippen LogP contribution >= 0.6 is 0 Å². The Morgan fingerprint density at radius 1 is 1.41 bits per heavy atom. The number of H-pyrrole nitrogens is 1. The third-order valence-electron chi connectivity index (χ3n) is 3.32. The SMILES string of the molecule is Cc1ccc2c(c1)[nH]c(=O)n2C1CCCCO1. The fourth-order valence-electron chi connectivity index (χ4n) is 2.46. The minimum absolute atomic E-state index is 0.0718. The van der Waals surface area contributed by atoms with Crippen LogP contribution in [-0.4, -0.2) is 16.2 Å². The highest BCUT2D eigenvalue weighted by Gasteiger charge is 2.20. The van der Waals surface area contributed by atoms with Gasteiger partial charge in [-0.25, -0.2) is 4.79 Å². The van der Waals surface area contributed by atoms with Crippen LogP contribution in [0.15, 0.2) is 23.0 Å². The van der Waals surface area contributed by atoms with Gasteiger partial charge in [0, 0.05) is 6.61 Å². The fraction of sp³-hybridized carbons (Fsp3) is 0.462. The Morgan fingerprint density at radius 2 is 2.29 bits per heavy atom. The van der Waals surface area contributed by atoms with Crippen LogP contribution in [-0.2, 0) is 4.74 Å². The molecule has 1 aromatic heterocycles. The van der Waals surface area contributed by atoms with E-state index in [1.54, 1.807) is 4.57 Å². The van der Waals surface area contributed by atoms with Crippen molar-refractivity contribution in [2.75, 3.05) is 6.61 Å². The van der Waals surface area contributed by atoms with E-state index < -0.39 is 0 Å². The van der Waals surface area contributed by atoms with Gasteiger partial charge in [0.15, 0.2) is 0 Å². The molecule has 1 N–H and O–H groups in total. The number of rotatable bonds is 1. The summed E-state index contributed by atoms with van der Waals surface area (Å²) in [4.78, 5) is 14.9. The Balaban J connectivity index is 2.14. The molecule has 17 heavy (non-hydrogen) atoms. The lowest BCUT2D eigenvalue weighted by Crippen LogP contribution is -2.26. The Labute approximate surface area is 99.2 Å². The first-order valence-corrected chi connectivity index (χ1v) is 6.08. The zero-order valence-corrected chi connectivity index (χ0v) is 9.90. The monoisotopic (exact) mass is 232 g/mol. The second kappa shape index (κ2) is 4.04. The van der Waals surface area contributed by atoms with E-state index in [9.17, 15) is 4.79 Å². The molecule has 2 heterocycles. The van der Waals surface area contributed by atoms with Crippen molar-refractivity contribution in [3.8, 4) is 0 Å². The number of benzene rings is 1. The Bertz CT molecular complexity index is 591. The van der Waals surface area contributed by atoms with Crippen molar-refractivity contribution in [1.29, 1.82) is 0 Å². The first kappa shape index (κ1) is 10.6. The molecule has 4 nitrogen and oxygen atoms in total. The van der Waals surface area contributed by atoms with Crippen LogP contribution in [0.4, 0.5) is 0 Å². The molecule has 4 heteroatoms. The zero-order chi connectivity index (χ0) is 11.8. The Kier molecular flexibility index (Phi) is 2.52. The quantitative estimate of drug-likeness (QED) is 0.820. The van der Waals surface area contributed by atoms with Crippen molar-refractivity contribution >= 4 is 11.0 Å². The lowest BCUT2D eigenvalue weighted by atomic mass is 10.1. The molecule has 0 aliphatic carbocycles. The van der Waals surface area contributed by atoms with E-state index in [1.807, 2.05) is 25.1 Å². The van der Waals surface area contributed by atoms with Crippen molar-refractivity contribution < 1.29 is 4.74 Å². The molecule has 1 aromatic carbocycles. The maximum absolute atomic E-state index is 12.0. The number of aryl methyl sites for hydroxylation is 1. The number of aromatic nitrogens is 2. The molecule has 0 saturated carbocycles. The van der Waals surface area contributed by atoms with Crippen LogP contribution in [0.1, 0.15) is 31.1 Å². The maximum atomic E-state index is 12.0. The highest BCUT2D eigenvalue weighted by atomic mass is 16.5. The van der Waals surface area contributed by atoms with Gasteiger partial charge in [0.1, 0.15) is 6.23 Å². The lowest BCUT2D eigenvalue weighted by Gasteiger charge is -2.23. The summed E-state index contributed by atoms with van der Waals surface area (Å²) in [6, 6.07) is 6.01. The van der Waals surface area contributed by atoms with Crippen molar-refractivity contribution in [2.24, 2.45) is 0 Å². The van der Waals surface area contributed by atoms with Crippen molar-refractivity contribution in [2.45, 2.75) is 32.4 Å². The van der Waals surface area contributed by atoms with Gasteiger partial charge in [0.2, 0.25) is 0 Å². The molecule has 0 amide bonds. The number of nitrogens with zero attached hydrogens (tertiary/aromatic N) is 1. The predicted octanol–water partition coefficient (Wildman–Crippen LogP) is 2.34. The minimum Gasteiger partial charge on any atom is -0.358 e. The van der Waals surface area contributed by atoms with Gasteiger partial charge in [0.05, 0.1) is 11.0 Å². The second-order valence-corrected chi connectivity index (χ2v) is 4.64. The van der Waals surface area contributed by atoms with Crippen LogP contribution in [0.25, 0.3) is 11.0 Å². The average Bonchev–Trinajstić information content (AvgIpc) is 2.65. The molecule has 1 fully saturated rings. The first-order valence-electron chi connectivity index (χ1n) is 6.08. The third kappa shape index (κ3) is 1.78. The zero-order valence-electron chi connectivity index (χ0n) is 9.90. The van der Waals surface area contributed by atoms with Gasteiger partial charge in [-0.2, -0.15) is 0 Å². The molecule has 2 aromatic rings. The van der Waals surface area contributed by atoms with Gasteiger partial charge >= 0.3 is 5.69 Å². The fourth-order valence-corrected chi connectivity index (χ4v) is 2.46. The first-order chi connectivity index (χ1) is 8.25. The maximum Gasteiger partial charge on any atom is 0.328 e. The van der Waals surface area contributed by atoms with Crippen LogP contribution in [0.5, 0.6) is 0 Å². The predicted molar refractivity (Wildman–Crippen MR) is 66.1 cm³/mol. The van der Waals surface area contributed by atoms with E-state index in [2.05, 4.69) is 4.98 Å². The number of ether oxygens (including phenoxy) is 1. The summed E-state index contributed by atoms with van der Waals surface area (Å²) in [7, 11) is 0. The second-order valence-electron chi connectivity index (χ2n) is 4.64. The van der Waals surface area contributed by atoms with Gasteiger partial charge in [-0.3, -0.25) is 4.57 Å². The molecular weight excluding hydrogens is 216 g/mol. The topological polar surface area (TPSA) is 47.0 Å². The molecule has 1 atom stereocenters. The molecule has 1 unspecified atom stereocenters. The van der Waals surface area contributed by atoms with Gasteiger partial charge < -0.3 is 9.72 Å². The molecule has 0 spiro atoms. The lowest BCUT2D eigenvalue weighted by molar-refractivity contribution is -0.0313. The molecule has 0 bridgehead atoms. The van der Waals surface area contributed by atoms with Crippen LogP contribution in [0, 0.1) is 6.92 Å². The summed E-state index contributed by atoms with van der Waals surface area (Å²) in [5.74, 6) is 0. The Morgan fingerprint density at radius 3 is 3.06 bits per heavy atom. The summed E-state index contributed by atoms with van der Waals surface area (Å²) in [6.45, 7) is 2.77. The summed E-state index contributed by atoms with van der Waals surface area (Å²) in [5, 5.41) is 0. The number of imidazole rings is 1. The minimum atomic E-state index is -0.104. The molecular formula is C13H16N2O2. The number of nitrogens with one attached hydrogen (secondary N) is 1. The molecule has 90 valence electrons. The van der Waals surface area contributed by atoms with Crippen LogP contribution in [0.3, 0.4) is 0 Å². The molecule has 1 aliphatic rings. The van der Waals surface area contributed by atoms with E-state index >= 15 is 0 Å². The smallest absolute Gasteiger partial charge is 0.328 e. The van der Waals surface area contributed by atoms with Gasteiger partial charge in [0.25, 0.3) is 0 Å². The van der Waals surface area contributed by atoms with Gasteiger partial charge in [-0.1, -0.05) is 6.07 Å². The third-order valence-corrected chi connectivity index (χ3v) is 3.32. The van der Waals surface area contributed by atoms with Crippen molar-refractivity contribution in [1.82, 2.24) is 9.55 Å². The van der Waals surface area contributed by atoms with Gasteiger partial charge in [-0.05, 0) is 43.9 Å². The summed E-state index contributed by atoms with van der Waals surface area (Å²) in [6.07, 6.45) is 3.02. The molecule has 3 rings (SSSR count). The molecule has 1 aliphatic heterocycles. The highest BCUT2D eigenvalue weighted by molar-refractivity contribution is 5.76. The summed E-state index contributed by atoms with van der Waals surface area (Å²) < 4.78 is 7.43. The standard InChI is InChI=1S/C13H16N2O2/c1-9-5-6-11-10(8-9)14-13(16)15(11)12-4-2-3-7-17-12/h5-6,8,12H,2-4,7H2,1H3,(H,14,16). The Hall–Kier alpha value is -1.55. The molecule has 1 saturated heterocycles. The number of hydrogen-bond donors (Lipinski definition) is 1. The van der Waals surface area contributed by atoms with Gasteiger partial charge in [-0.15, -0.1) is 0 Å². The summed E-state index contributed by atoms with van der Waals surface area (Å²) in [5.41, 5.74) is 2.91. The van der Waals surface area contributed by atoms with Crippen molar-refractivity contribution in [3.63, 3.8) is 0 Å². The van der Waals surface area contributed by atoms with E-state index in [1.165, 1.54) is 0 Å². The van der Waals surface area contributed by atoms with Crippen LogP contribution < -0.4 is 5.69 Å². The molecule has 0 radical (unpaired) electrons. The van der Waals surface area contributed by atoms with Crippen molar-refractivity contribution in [3.05, 3.63) is 34.2 Å². The van der Waals surface area contributed by atoms with E-state index in [-0.39, 0.29) is 11.9 Å². The number of aromatic amines is 1. The van der Waals surface area contributed by atoms with E-state index in [4.69, 9.17) is 4.74 Å². The largest absolute Gasteiger partial charge is 0.358 e. The normalized spacial score (nSPS) is 20.9. The highest BCUT2D eigenvalue weighted by Crippen LogP contribution is 2.24.